The maximum absolute atomic E-state index is 6.04. The summed E-state index contributed by atoms with van der Waals surface area (Å²) in [7, 11) is 1.67. The molecule has 0 aromatic heterocycles. The van der Waals surface area contributed by atoms with Gasteiger partial charge in [0, 0.05) is 11.6 Å². The van der Waals surface area contributed by atoms with E-state index in [1.54, 1.807) is 7.11 Å². The molecule has 0 bridgehead atoms. The first-order valence-corrected chi connectivity index (χ1v) is 6.24. The van der Waals surface area contributed by atoms with Gasteiger partial charge in [-0.05, 0) is 43.5 Å². The summed E-state index contributed by atoms with van der Waals surface area (Å²) in [5.41, 5.74) is 7.51. The number of hydrogen-bond acceptors (Lipinski definition) is 3. The maximum Gasteiger partial charge on any atom is 0.144 e. The van der Waals surface area contributed by atoms with Crippen LogP contribution >= 0.6 is 11.6 Å². The normalized spacial score (nSPS) is 12.3. The SMILES string of the molecule is COc1c(C)cc(Cl)cc1NCC(C)CCN. The Labute approximate surface area is 108 Å². The van der Waals surface area contributed by atoms with Crippen LogP contribution in [-0.2, 0) is 0 Å². The third kappa shape index (κ3) is 4.10. The molecule has 0 aliphatic carbocycles. The third-order valence-corrected chi connectivity index (χ3v) is 2.96. The van der Waals surface area contributed by atoms with Gasteiger partial charge in [0.1, 0.15) is 5.75 Å². The molecule has 0 saturated heterocycles. The molecule has 1 atom stereocenters. The Bertz CT molecular complexity index is 369. The summed E-state index contributed by atoms with van der Waals surface area (Å²) in [4.78, 5) is 0. The molecule has 1 unspecified atom stereocenters. The molecule has 0 spiro atoms. The molecule has 0 heterocycles. The molecule has 0 saturated carbocycles. The summed E-state index contributed by atoms with van der Waals surface area (Å²) in [5.74, 6) is 1.39. The summed E-state index contributed by atoms with van der Waals surface area (Å²) >= 11 is 6.04. The van der Waals surface area contributed by atoms with Gasteiger partial charge in [-0.25, -0.2) is 0 Å². The first kappa shape index (κ1) is 14.1. The standard InChI is InChI=1S/C13H21ClN2O/c1-9(4-5-15)8-16-12-7-11(14)6-10(2)13(12)17-3/h6-7,9,16H,4-5,8,15H2,1-3H3. The van der Waals surface area contributed by atoms with E-state index in [2.05, 4.69) is 12.2 Å². The smallest absolute Gasteiger partial charge is 0.144 e. The summed E-state index contributed by atoms with van der Waals surface area (Å²) < 4.78 is 5.38. The molecule has 1 rings (SSSR count). The summed E-state index contributed by atoms with van der Waals surface area (Å²) in [5, 5.41) is 4.09. The average molecular weight is 257 g/mol. The van der Waals surface area contributed by atoms with Gasteiger partial charge < -0.3 is 15.8 Å². The molecule has 0 fully saturated rings. The Morgan fingerprint density at radius 2 is 2.18 bits per heavy atom. The van der Waals surface area contributed by atoms with Crippen LogP contribution < -0.4 is 15.8 Å². The Hall–Kier alpha value is -0.930. The van der Waals surface area contributed by atoms with Crippen molar-refractivity contribution in [1.82, 2.24) is 0 Å². The lowest BCUT2D eigenvalue weighted by atomic mass is 10.1. The van der Waals surface area contributed by atoms with Gasteiger partial charge in [0.2, 0.25) is 0 Å². The van der Waals surface area contributed by atoms with Crippen LogP contribution in [0.4, 0.5) is 5.69 Å². The van der Waals surface area contributed by atoms with Crippen molar-refractivity contribution in [1.29, 1.82) is 0 Å². The minimum Gasteiger partial charge on any atom is -0.494 e. The Morgan fingerprint density at radius 1 is 1.47 bits per heavy atom. The largest absolute Gasteiger partial charge is 0.494 e. The number of hydrogen-bond donors (Lipinski definition) is 2. The van der Waals surface area contributed by atoms with E-state index in [0.29, 0.717) is 12.5 Å². The Balaban J connectivity index is 2.75. The van der Waals surface area contributed by atoms with E-state index in [0.717, 1.165) is 35.0 Å². The number of rotatable bonds is 6. The first-order chi connectivity index (χ1) is 8.08. The molecule has 0 amide bonds. The predicted octanol–water partition coefficient (Wildman–Crippen LogP) is 3.05. The fourth-order valence-corrected chi connectivity index (χ4v) is 2.08. The quantitative estimate of drug-likeness (QED) is 0.822. The molecular weight excluding hydrogens is 236 g/mol. The van der Waals surface area contributed by atoms with Crippen molar-refractivity contribution in [3.05, 3.63) is 22.7 Å². The number of halogens is 1. The van der Waals surface area contributed by atoms with E-state index in [1.165, 1.54) is 0 Å². The van der Waals surface area contributed by atoms with Gasteiger partial charge in [-0.15, -0.1) is 0 Å². The van der Waals surface area contributed by atoms with E-state index in [-0.39, 0.29) is 0 Å². The van der Waals surface area contributed by atoms with E-state index >= 15 is 0 Å². The fourth-order valence-electron chi connectivity index (χ4n) is 1.80. The lowest BCUT2D eigenvalue weighted by Gasteiger charge is -2.16. The van der Waals surface area contributed by atoms with Crippen LogP contribution in [0.25, 0.3) is 0 Å². The van der Waals surface area contributed by atoms with Crippen LogP contribution in [0.2, 0.25) is 5.02 Å². The molecule has 0 aliphatic rings. The van der Waals surface area contributed by atoms with Crippen LogP contribution in [0.1, 0.15) is 18.9 Å². The lowest BCUT2D eigenvalue weighted by molar-refractivity contribution is 0.413. The Morgan fingerprint density at radius 3 is 2.76 bits per heavy atom. The van der Waals surface area contributed by atoms with E-state index in [4.69, 9.17) is 22.1 Å². The number of nitrogens with one attached hydrogen (secondary N) is 1. The van der Waals surface area contributed by atoms with Crippen molar-refractivity contribution >= 4 is 17.3 Å². The highest BCUT2D eigenvalue weighted by atomic mass is 35.5. The van der Waals surface area contributed by atoms with Gasteiger partial charge >= 0.3 is 0 Å². The number of benzene rings is 1. The van der Waals surface area contributed by atoms with E-state index in [9.17, 15) is 0 Å². The summed E-state index contributed by atoms with van der Waals surface area (Å²) in [6.07, 6.45) is 1.01. The number of nitrogens with two attached hydrogens (primary N) is 1. The van der Waals surface area contributed by atoms with Crippen LogP contribution in [0.5, 0.6) is 5.75 Å². The minimum atomic E-state index is 0.531. The van der Waals surface area contributed by atoms with Crippen molar-refractivity contribution in [2.45, 2.75) is 20.3 Å². The fraction of sp³-hybridized carbons (Fsp3) is 0.538. The molecular formula is C13H21ClN2O. The lowest BCUT2D eigenvalue weighted by Crippen LogP contribution is -2.15. The predicted molar refractivity (Wildman–Crippen MR) is 74.1 cm³/mol. The van der Waals surface area contributed by atoms with Crippen molar-refractivity contribution in [3.8, 4) is 5.75 Å². The van der Waals surface area contributed by atoms with Gasteiger partial charge in [-0.2, -0.15) is 0 Å². The topological polar surface area (TPSA) is 47.3 Å². The van der Waals surface area contributed by atoms with Gasteiger partial charge in [0.15, 0.2) is 0 Å². The molecule has 0 radical (unpaired) electrons. The molecule has 1 aromatic carbocycles. The van der Waals surface area contributed by atoms with Gasteiger partial charge in [0.25, 0.3) is 0 Å². The Kier molecular flexibility index (Phi) is 5.59. The second kappa shape index (κ2) is 6.72. The highest BCUT2D eigenvalue weighted by Gasteiger charge is 2.09. The molecule has 0 aliphatic heterocycles. The molecule has 17 heavy (non-hydrogen) atoms. The summed E-state index contributed by atoms with van der Waals surface area (Å²) in [6.45, 7) is 5.74. The van der Waals surface area contributed by atoms with Gasteiger partial charge in [0.05, 0.1) is 12.8 Å². The number of ether oxygens (including phenoxy) is 1. The molecule has 4 heteroatoms. The molecule has 1 aromatic rings. The van der Waals surface area contributed by atoms with Crippen LogP contribution in [0.15, 0.2) is 12.1 Å². The molecule has 3 N–H and O–H groups in total. The van der Waals surface area contributed by atoms with Crippen molar-refractivity contribution in [2.75, 3.05) is 25.5 Å². The van der Waals surface area contributed by atoms with Crippen LogP contribution in [-0.4, -0.2) is 20.2 Å². The number of methoxy groups -OCH3 is 1. The van der Waals surface area contributed by atoms with Gasteiger partial charge in [-0.3, -0.25) is 0 Å². The highest BCUT2D eigenvalue weighted by Crippen LogP contribution is 2.32. The zero-order valence-electron chi connectivity index (χ0n) is 10.7. The molecule has 3 nitrogen and oxygen atoms in total. The second-order valence-electron chi connectivity index (χ2n) is 4.37. The van der Waals surface area contributed by atoms with E-state index < -0.39 is 0 Å². The van der Waals surface area contributed by atoms with Crippen LogP contribution in [0.3, 0.4) is 0 Å². The monoisotopic (exact) mass is 256 g/mol. The van der Waals surface area contributed by atoms with Crippen molar-refractivity contribution < 1.29 is 4.74 Å². The third-order valence-electron chi connectivity index (χ3n) is 2.74. The van der Waals surface area contributed by atoms with Crippen LogP contribution in [0, 0.1) is 12.8 Å². The van der Waals surface area contributed by atoms with Crippen molar-refractivity contribution in [3.63, 3.8) is 0 Å². The molecule has 96 valence electrons. The zero-order chi connectivity index (χ0) is 12.8. The minimum absolute atomic E-state index is 0.531. The zero-order valence-corrected chi connectivity index (χ0v) is 11.5. The van der Waals surface area contributed by atoms with Gasteiger partial charge in [-0.1, -0.05) is 18.5 Å². The maximum atomic E-state index is 6.04. The second-order valence-corrected chi connectivity index (χ2v) is 4.80. The number of aryl methyl sites for hydroxylation is 1. The van der Waals surface area contributed by atoms with Crippen molar-refractivity contribution in [2.24, 2.45) is 11.7 Å². The summed E-state index contributed by atoms with van der Waals surface area (Å²) in [6, 6.07) is 3.79. The number of anilines is 1. The average Bonchev–Trinajstić information content (AvgIpc) is 2.26. The first-order valence-electron chi connectivity index (χ1n) is 5.86. The van der Waals surface area contributed by atoms with E-state index in [1.807, 2.05) is 19.1 Å². The highest BCUT2D eigenvalue weighted by molar-refractivity contribution is 6.31.